The number of ether oxygens (including phenoxy) is 1. The molecule has 0 atom stereocenters. The van der Waals surface area contributed by atoms with E-state index in [1.54, 1.807) is 7.11 Å². The highest BCUT2D eigenvalue weighted by Crippen LogP contribution is 2.13. The van der Waals surface area contributed by atoms with Crippen LogP contribution in [0.1, 0.15) is 18.4 Å². The molecule has 0 aromatic heterocycles. The lowest BCUT2D eigenvalue weighted by atomic mass is 10.1. The monoisotopic (exact) mass is 277 g/mol. The van der Waals surface area contributed by atoms with Crippen LogP contribution >= 0.6 is 0 Å². The number of nitrogens with zero attached hydrogens (tertiary/aromatic N) is 1. The summed E-state index contributed by atoms with van der Waals surface area (Å²) in [6, 6.07) is 7.65. The van der Waals surface area contributed by atoms with E-state index in [2.05, 4.69) is 10.2 Å². The Morgan fingerprint density at radius 3 is 2.85 bits per heavy atom. The van der Waals surface area contributed by atoms with Crippen LogP contribution < -0.4 is 11.1 Å². The molecule has 1 amide bonds. The number of amides is 1. The summed E-state index contributed by atoms with van der Waals surface area (Å²) in [6.45, 7) is 2.74. The predicted molar refractivity (Wildman–Crippen MR) is 79.4 cm³/mol. The van der Waals surface area contributed by atoms with Crippen LogP contribution in [0.5, 0.6) is 0 Å². The largest absolute Gasteiger partial charge is 0.381 e. The SMILES string of the molecule is COC1CCN(CC(=O)Nc2cccc(CN)c2)CC1. The molecule has 0 unspecified atom stereocenters. The smallest absolute Gasteiger partial charge is 0.238 e. The zero-order valence-corrected chi connectivity index (χ0v) is 12.0. The molecule has 0 radical (unpaired) electrons. The fourth-order valence-corrected chi connectivity index (χ4v) is 2.48. The number of anilines is 1. The Bertz CT molecular complexity index is 442. The summed E-state index contributed by atoms with van der Waals surface area (Å²) >= 11 is 0. The van der Waals surface area contributed by atoms with Gasteiger partial charge in [0.25, 0.3) is 0 Å². The van der Waals surface area contributed by atoms with Crippen LogP contribution in [0.25, 0.3) is 0 Å². The van der Waals surface area contributed by atoms with Gasteiger partial charge in [-0.2, -0.15) is 0 Å². The fourth-order valence-electron chi connectivity index (χ4n) is 2.48. The van der Waals surface area contributed by atoms with Gasteiger partial charge in [-0.05, 0) is 30.5 Å². The lowest BCUT2D eigenvalue weighted by molar-refractivity contribution is -0.117. The average molecular weight is 277 g/mol. The van der Waals surface area contributed by atoms with Crippen molar-refractivity contribution in [2.24, 2.45) is 5.73 Å². The molecule has 2 rings (SSSR count). The van der Waals surface area contributed by atoms with Gasteiger partial charge in [0.1, 0.15) is 0 Å². The van der Waals surface area contributed by atoms with Crippen molar-refractivity contribution in [3.8, 4) is 0 Å². The number of hydrogen-bond acceptors (Lipinski definition) is 4. The number of carbonyl (C=O) groups is 1. The second-order valence-corrected chi connectivity index (χ2v) is 5.16. The van der Waals surface area contributed by atoms with Crippen molar-refractivity contribution in [1.29, 1.82) is 0 Å². The van der Waals surface area contributed by atoms with Crippen molar-refractivity contribution < 1.29 is 9.53 Å². The highest BCUT2D eigenvalue weighted by atomic mass is 16.5. The zero-order chi connectivity index (χ0) is 14.4. The van der Waals surface area contributed by atoms with E-state index in [4.69, 9.17) is 10.5 Å². The van der Waals surface area contributed by atoms with Crippen molar-refractivity contribution in [1.82, 2.24) is 4.90 Å². The van der Waals surface area contributed by atoms with E-state index in [1.807, 2.05) is 24.3 Å². The maximum absolute atomic E-state index is 12.0. The summed E-state index contributed by atoms with van der Waals surface area (Å²) in [5.41, 5.74) is 7.42. The van der Waals surface area contributed by atoms with Crippen LogP contribution in [0.2, 0.25) is 0 Å². The Morgan fingerprint density at radius 2 is 2.20 bits per heavy atom. The number of benzene rings is 1. The summed E-state index contributed by atoms with van der Waals surface area (Å²) in [5, 5.41) is 2.92. The number of nitrogens with two attached hydrogens (primary N) is 1. The fraction of sp³-hybridized carbons (Fsp3) is 0.533. The van der Waals surface area contributed by atoms with E-state index >= 15 is 0 Å². The topological polar surface area (TPSA) is 67.6 Å². The second-order valence-electron chi connectivity index (χ2n) is 5.16. The van der Waals surface area contributed by atoms with E-state index in [0.717, 1.165) is 37.2 Å². The first-order chi connectivity index (χ1) is 9.71. The summed E-state index contributed by atoms with van der Waals surface area (Å²) in [4.78, 5) is 14.2. The standard InChI is InChI=1S/C15H23N3O2/c1-20-14-5-7-18(8-6-14)11-15(19)17-13-4-2-3-12(9-13)10-16/h2-4,9,14H,5-8,10-11,16H2,1H3,(H,17,19). The summed E-state index contributed by atoms with van der Waals surface area (Å²) in [5.74, 6) is 0.0232. The lowest BCUT2D eigenvalue weighted by Gasteiger charge is -2.30. The van der Waals surface area contributed by atoms with Gasteiger partial charge in [0, 0.05) is 32.4 Å². The van der Waals surface area contributed by atoms with Gasteiger partial charge in [-0.3, -0.25) is 9.69 Å². The lowest BCUT2D eigenvalue weighted by Crippen LogP contribution is -2.41. The normalized spacial score (nSPS) is 17.1. The van der Waals surface area contributed by atoms with Gasteiger partial charge >= 0.3 is 0 Å². The number of carbonyl (C=O) groups excluding carboxylic acids is 1. The van der Waals surface area contributed by atoms with Gasteiger partial charge in [0.05, 0.1) is 12.6 Å². The first kappa shape index (κ1) is 15.0. The van der Waals surface area contributed by atoms with E-state index in [-0.39, 0.29) is 5.91 Å². The van der Waals surface area contributed by atoms with Gasteiger partial charge in [-0.15, -0.1) is 0 Å². The Hall–Kier alpha value is -1.43. The Kier molecular flexibility index (Phi) is 5.52. The molecule has 0 saturated carbocycles. The molecule has 0 aliphatic carbocycles. The van der Waals surface area contributed by atoms with Gasteiger partial charge in [-0.1, -0.05) is 12.1 Å². The van der Waals surface area contributed by atoms with E-state index in [1.165, 1.54) is 0 Å². The third kappa shape index (κ3) is 4.30. The molecule has 1 aromatic carbocycles. The Balaban J connectivity index is 1.80. The van der Waals surface area contributed by atoms with Gasteiger partial charge in [0.15, 0.2) is 0 Å². The molecule has 0 spiro atoms. The van der Waals surface area contributed by atoms with Crippen LogP contribution in [-0.4, -0.2) is 43.7 Å². The molecule has 0 bridgehead atoms. The van der Waals surface area contributed by atoms with Crippen molar-refractivity contribution in [3.63, 3.8) is 0 Å². The molecule has 5 nitrogen and oxygen atoms in total. The Morgan fingerprint density at radius 1 is 1.45 bits per heavy atom. The number of hydrogen-bond donors (Lipinski definition) is 2. The van der Waals surface area contributed by atoms with E-state index in [9.17, 15) is 4.79 Å². The highest BCUT2D eigenvalue weighted by Gasteiger charge is 2.20. The van der Waals surface area contributed by atoms with Gasteiger partial charge in [-0.25, -0.2) is 0 Å². The first-order valence-corrected chi connectivity index (χ1v) is 7.05. The minimum Gasteiger partial charge on any atom is -0.381 e. The van der Waals surface area contributed by atoms with Crippen LogP contribution in [0.4, 0.5) is 5.69 Å². The maximum atomic E-state index is 12.0. The van der Waals surface area contributed by atoms with Crippen molar-refractivity contribution in [3.05, 3.63) is 29.8 Å². The number of nitrogens with one attached hydrogen (secondary N) is 1. The van der Waals surface area contributed by atoms with Gasteiger partial charge in [0.2, 0.25) is 5.91 Å². The summed E-state index contributed by atoms with van der Waals surface area (Å²) < 4.78 is 5.33. The Labute approximate surface area is 120 Å². The highest BCUT2D eigenvalue weighted by molar-refractivity contribution is 5.92. The average Bonchev–Trinajstić information content (AvgIpc) is 2.48. The molecule has 110 valence electrons. The minimum atomic E-state index is 0.0232. The van der Waals surface area contributed by atoms with Crippen molar-refractivity contribution in [2.45, 2.75) is 25.5 Å². The molecule has 5 heteroatoms. The molecule has 3 N–H and O–H groups in total. The van der Waals surface area contributed by atoms with Crippen LogP contribution in [-0.2, 0) is 16.1 Å². The minimum absolute atomic E-state index is 0.0232. The second kappa shape index (κ2) is 7.38. The number of rotatable bonds is 5. The van der Waals surface area contributed by atoms with E-state index < -0.39 is 0 Å². The molecule has 1 aliphatic heterocycles. The molecule has 1 heterocycles. The quantitative estimate of drug-likeness (QED) is 0.848. The molecule has 1 aliphatic rings. The van der Waals surface area contributed by atoms with Crippen LogP contribution in [0.3, 0.4) is 0 Å². The molecular formula is C15H23N3O2. The third-order valence-corrected chi connectivity index (χ3v) is 3.68. The van der Waals surface area contributed by atoms with E-state index in [0.29, 0.717) is 19.2 Å². The molecule has 20 heavy (non-hydrogen) atoms. The first-order valence-electron chi connectivity index (χ1n) is 7.05. The van der Waals surface area contributed by atoms with Crippen LogP contribution in [0.15, 0.2) is 24.3 Å². The molecule has 1 aromatic rings. The van der Waals surface area contributed by atoms with Crippen molar-refractivity contribution >= 4 is 11.6 Å². The number of likely N-dealkylation sites (tertiary alicyclic amines) is 1. The summed E-state index contributed by atoms with van der Waals surface area (Å²) in [7, 11) is 1.75. The van der Waals surface area contributed by atoms with Gasteiger partial charge < -0.3 is 15.8 Å². The summed E-state index contributed by atoms with van der Waals surface area (Å²) in [6.07, 6.45) is 2.33. The number of piperidine rings is 1. The maximum Gasteiger partial charge on any atom is 0.238 e. The third-order valence-electron chi connectivity index (χ3n) is 3.68. The molecular weight excluding hydrogens is 254 g/mol. The molecule has 1 saturated heterocycles. The van der Waals surface area contributed by atoms with Crippen LogP contribution in [0, 0.1) is 0 Å². The number of methoxy groups -OCH3 is 1. The zero-order valence-electron chi connectivity index (χ0n) is 12.0. The van der Waals surface area contributed by atoms with Crippen molar-refractivity contribution in [2.75, 3.05) is 32.1 Å². The molecule has 1 fully saturated rings. The predicted octanol–water partition coefficient (Wildman–Crippen LogP) is 1.19.